The van der Waals surface area contributed by atoms with Gasteiger partial charge in [0.1, 0.15) is 29.8 Å². The third kappa shape index (κ3) is 4.51. The van der Waals surface area contributed by atoms with Crippen molar-refractivity contribution in [2.24, 2.45) is 10.7 Å². The number of hydrogen-bond acceptors (Lipinski definition) is 3. The number of hydrogen-bond donors (Lipinski definition) is 2. The van der Waals surface area contributed by atoms with Crippen molar-refractivity contribution in [2.45, 2.75) is 20.5 Å². The van der Waals surface area contributed by atoms with Crippen LogP contribution in [0.3, 0.4) is 0 Å². The second-order valence-corrected chi connectivity index (χ2v) is 7.52. The zero-order chi connectivity index (χ0) is 22.8. The predicted octanol–water partition coefficient (Wildman–Crippen LogP) is 5.47. The minimum Gasteiger partial charge on any atom is -0.488 e. The minimum atomic E-state index is -0.687. The number of nitrogens with one attached hydrogen (secondary N) is 1. The Hall–Kier alpha value is -4.00. The van der Waals surface area contributed by atoms with Crippen LogP contribution < -0.4 is 15.8 Å². The lowest BCUT2D eigenvalue weighted by Gasteiger charge is -2.12. The van der Waals surface area contributed by atoms with Crippen molar-refractivity contribution in [3.8, 4) is 5.75 Å². The van der Waals surface area contributed by atoms with E-state index >= 15 is 0 Å². The second kappa shape index (κ2) is 8.63. The molecule has 1 aliphatic heterocycles. The highest BCUT2D eigenvalue weighted by molar-refractivity contribution is 5.97. The first-order valence-electron chi connectivity index (χ1n) is 9.96. The summed E-state index contributed by atoms with van der Waals surface area (Å²) in [7, 11) is 0. The maximum atomic E-state index is 13.9. The number of benzene rings is 3. The highest BCUT2D eigenvalue weighted by atomic mass is 19.1. The fourth-order valence-electron chi connectivity index (χ4n) is 3.63. The van der Waals surface area contributed by atoms with Crippen LogP contribution in [0.2, 0.25) is 0 Å². The number of fused-ring (bicyclic) bond motifs is 2. The molecule has 1 heterocycles. The van der Waals surface area contributed by atoms with E-state index in [9.17, 15) is 13.6 Å². The molecule has 2 amide bonds. The summed E-state index contributed by atoms with van der Waals surface area (Å²) < 4.78 is 33.6. The Morgan fingerprint density at radius 2 is 1.78 bits per heavy atom. The van der Waals surface area contributed by atoms with Crippen molar-refractivity contribution in [1.29, 1.82) is 0 Å². The molecule has 1 aliphatic rings. The van der Waals surface area contributed by atoms with E-state index in [0.717, 1.165) is 22.3 Å². The van der Waals surface area contributed by atoms with Gasteiger partial charge in [-0.2, -0.15) is 0 Å². The Morgan fingerprint density at radius 3 is 2.53 bits per heavy atom. The molecule has 5 nitrogen and oxygen atoms in total. The number of ether oxygens (including phenoxy) is 1. The molecule has 0 spiro atoms. The van der Waals surface area contributed by atoms with Crippen molar-refractivity contribution >= 4 is 29.2 Å². The van der Waals surface area contributed by atoms with E-state index in [-0.39, 0.29) is 12.4 Å². The molecule has 0 aromatic heterocycles. The second-order valence-electron chi connectivity index (χ2n) is 7.52. The molecule has 7 heteroatoms. The van der Waals surface area contributed by atoms with E-state index in [0.29, 0.717) is 28.4 Å². The number of amides is 2. The molecule has 4 rings (SSSR count). The lowest BCUT2D eigenvalue weighted by molar-refractivity contribution is 0.253. The van der Waals surface area contributed by atoms with Crippen LogP contribution in [0.1, 0.15) is 34.7 Å². The summed E-state index contributed by atoms with van der Waals surface area (Å²) in [5.41, 5.74) is 10.5. The Labute approximate surface area is 184 Å². The van der Waals surface area contributed by atoms with Crippen molar-refractivity contribution in [1.82, 2.24) is 5.32 Å². The van der Waals surface area contributed by atoms with E-state index in [4.69, 9.17) is 10.5 Å². The van der Waals surface area contributed by atoms with Gasteiger partial charge in [0.05, 0.1) is 5.69 Å². The van der Waals surface area contributed by atoms with Gasteiger partial charge in [-0.25, -0.2) is 18.6 Å². The Morgan fingerprint density at radius 1 is 1.06 bits per heavy atom. The monoisotopic (exact) mass is 433 g/mol. The van der Waals surface area contributed by atoms with Crippen LogP contribution in [0.25, 0.3) is 11.6 Å². The molecule has 0 bridgehead atoms. The highest BCUT2D eigenvalue weighted by Gasteiger charge is 2.20. The standard InChI is InChI=1S/C25H21F2N3O2/c1-14-3-4-16(10-23(14)29-15(2)30-25(28)31)9-22-20-7-5-18(26)11-17(20)13-32-24-12-19(27)6-8-21(22)24/h3-12H,13H2,1-2H3,(H3,28,29,30,31)/b22-9+. The Balaban J connectivity index is 1.87. The van der Waals surface area contributed by atoms with E-state index < -0.39 is 11.8 Å². The number of nitrogens with two attached hydrogens (primary N) is 1. The highest BCUT2D eigenvalue weighted by Crippen LogP contribution is 2.39. The number of primary amides is 1. The summed E-state index contributed by atoms with van der Waals surface area (Å²) >= 11 is 0. The van der Waals surface area contributed by atoms with Gasteiger partial charge >= 0.3 is 6.03 Å². The number of rotatable bonds is 2. The van der Waals surface area contributed by atoms with Gasteiger partial charge in [-0.05, 0) is 72.5 Å². The normalized spacial score (nSPS) is 14.2. The van der Waals surface area contributed by atoms with Gasteiger partial charge < -0.3 is 10.5 Å². The minimum absolute atomic E-state index is 0.127. The predicted molar refractivity (Wildman–Crippen MR) is 121 cm³/mol. The number of urea groups is 1. The molecule has 0 aliphatic carbocycles. The van der Waals surface area contributed by atoms with Crippen molar-refractivity contribution in [3.05, 3.63) is 94.0 Å². The van der Waals surface area contributed by atoms with Crippen molar-refractivity contribution in [2.75, 3.05) is 0 Å². The van der Waals surface area contributed by atoms with Gasteiger partial charge in [0.15, 0.2) is 0 Å². The van der Waals surface area contributed by atoms with Crippen LogP contribution in [0, 0.1) is 18.6 Å². The molecule has 3 aromatic rings. The first-order valence-corrected chi connectivity index (χ1v) is 9.96. The number of aryl methyl sites for hydroxylation is 1. The quantitative estimate of drug-likeness (QED) is 0.415. The van der Waals surface area contributed by atoms with Crippen LogP contribution in [-0.4, -0.2) is 11.9 Å². The zero-order valence-corrected chi connectivity index (χ0v) is 17.6. The third-order valence-corrected chi connectivity index (χ3v) is 5.11. The van der Waals surface area contributed by atoms with E-state index in [1.165, 1.54) is 24.3 Å². The van der Waals surface area contributed by atoms with Gasteiger partial charge in [0.25, 0.3) is 0 Å². The molecule has 0 fully saturated rings. The van der Waals surface area contributed by atoms with E-state index in [2.05, 4.69) is 10.3 Å². The molecule has 0 unspecified atom stereocenters. The van der Waals surface area contributed by atoms with Gasteiger partial charge in [-0.15, -0.1) is 0 Å². The van der Waals surface area contributed by atoms with Crippen LogP contribution in [0.4, 0.5) is 19.3 Å². The Kier molecular flexibility index (Phi) is 5.73. The molecule has 162 valence electrons. The molecule has 0 radical (unpaired) electrons. The average Bonchev–Trinajstić information content (AvgIpc) is 2.86. The van der Waals surface area contributed by atoms with E-state index in [1.807, 2.05) is 31.2 Å². The summed E-state index contributed by atoms with van der Waals surface area (Å²) in [6.07, 6.45) is 1.93. The smallest absolute Gasteiger partial charge is 0.317 e. The zero-order valence-electron chi connectivity index (χ0n) is 17.6. The fraction of sp³-hybridized carbons (Fsp3) is 0.120. The van der Waals surface area contributed by atoms with Crippen LogP contribution in [0.5, 0.6) is 5.75 Å². The number of carbonyl (C=O) groups is 1. The summed E-state index contributed by atoms with van der Waals surface area (Å²) in [6.45, 7) is 3.68. The molecule has 0 saturated carbocycles. The van der Waals surface area contributed by atoms with Gasteiger partial charge in [0.2, 0.25) is 0 Å². The largest absolute Gasteiger partial charge is 0.488 e. The SMILES string of the molecule is CC(=Nc1cc(/C=C2\c3ccc(F)cc3COc3cc(F)ccc32)ccc1C)NC(N)=O. The summed E-state index contributed by atoms with van der Waals surface area (Å²) in [6, 6.07) is 13.9. The lowest BCUT2D eigenvalue weighted by Crippen LogP contribution is -2.33. The molecule has 0 saturated heterocycles. The third-order valence-electron chi connectivity index (χ3n) is 5.11. The van der Waals surface area contributed by atoms with Crippen LogP contribution >= 0.6 is 0 Å². The first kappa shape index (κ1) is 21.2. The molecule has 0 atom stereocenters. The number of nitrogens with zero attached hydrogens (tertiary/aromatic N) is 1. The average molecular weight is 433 g/mol. The van der Waals surface area contributed by atoms with Crippen LogP contribution in [-0.2, 0) is 6.61 Å². The molecular weight excluding hydrogens is 412 g/mol. The first-order chi connectivity index (χ1) is 15.3. The lowest BCUT2D eigenvalue weighted by atomic mass is 9.92. The molecule has 3 aromatic carbocycles. The van der Waals surface area contributed by atoms with Crippen molar-refractivity contribution < 1.29 is 18.3 Å². The number of halogens is 2. The number of amidine groups is 1. The molecular formula is C25H21F2N3O2. The number of carbonyl (C=O) groups excluding carboxylic acids is 1. The number of aliphatic imine (C=N–C) groups is 1. The molecule has 3 N–H and O–H groups in total. The van der Waals surface area contributed by atoms with E-state index in [1.54, 1.807) is 19.1 Å². The molecule has 32 heavy (non-hydrogen) atoms. The topological polar surface area (TPSA) is 76.7 Å². The van der Waals surface area contributed by atoms with Crippen LogP contribution in [0.15, 0.2) is 59.6 Å². The van der Waals surface area contributed by atoms with Gasteiger partial charge in [-0.1, -0.05) is 18.2 Å². The summed E-state index contributed by atoms with van der Waals surface area (Å²) in [4.78, 5) is 15.5. The summed E-state index contributed by atoms with van der Waals surface area (Å²) in [5.74, 6) is -0.0209. The maximum Gasteiger partial charge on any atom is 0.317 e. The van der Waals surface area contributed by atoms with Gasteiger partial charge in [0, 0.05) is 17.2 Å². The van der Waals surface area contributed by atoms with Gasteiger partial charge in [-0.3, -0.25) is 5.32 Å². The van der Waals surface area contributed by atoms with Crippen molar-refractivity contribution in [3.63, 3.8) is 0 Å². The maximum absolute atomic E-state index is 13.9. The summed E-state index contributed by atoms with van der Waals surface area (Å²) in [5, 5.41) is 2.45. The Bertz CT molecular complexity index is 1230. The fourth-order valence-corrected chi connectivity index (χ4v) is 3.63.